The zero-order valence-electron chi connectivity index (χ0n) is 11.5. The summed E-state index contributed by atoms with van der Waals surface area (Å²) in [7, 11) is -3.34. The maximum atomic E-state index is 13.9. The smallest absolute Gasteiger partial charge is 0.151 e. The van der Waals surface area contributed by atoms with E-state index in [2.05, 4.69) is 5.32 Å². The van der Waals surface area contributed by atoms with E-state index in [1.807, 2.05) is 0 Å². The molecule has 1 rings (SSSR count). The molecule has 0 saturated heterocycles. The fourth-order valence-electron chi connectivity index (χ4n) is 1.91. The van der Waals surface area contributed by atoms with Crippen LogP contribution >= 0.6 is 0 Å². The van der Waals surface area contributed by atoms with Crippen molar-refractivity contribution >= 4 is 9.84 Å². The van der Waals surface area contributed by atoms with E-state index in [0.717, 1.165) is 12.3 Å². The summed E-state index contributed by atoms with van der Waals surface area (Å²) in [4.78, 5) is 0. The van der Waals surface area contributed by atoms with E-state index in [1.54, 1.807) is 6.92 Å². The molecule has 2 atom stereocenters. The van der Waals surface area contributed by atoms with Gasteiger partial charge in [-0.2, -0.15) is 0 Å². The average molecular weight is 291 g/mol. The minimum atomic E-state index is -3.34. The van der Waals surface area contributed by atoms with Crippen LogP contribution in [0.25, 0.3) is 0 Å². The fourth-order valence-corrected chi connectivity index (χ4v) is 2.65. The molecule has 0 heterocycles. The van der Waals surface area contributed by atoms with E-state index >= 15 is 0 Å². The highest BCUT2D eigenvalue weighted by Crippen LogP contribution is 2.26. The van der Waals surface area contributed by atoms with E-state index in [9.17, 15) is 17.2 Å². The van der Waals surface area contributed by atoms with Crippen LogP contribution in [0.2, 0.25) is 0 Å². The van der Waals surface area contributed by atoms with Crippen LogP contribution in [0, 0.1) is 18.6 Å². The molecule has 1 N–H and O–H groups in total. The maximum Gasteiger partial charge on any atom is 0.151 e. The Bertz CT molecular complexity index is 558. The lowest BCUT2D eigenvalue weighted by Gasteiger charge is -2.24. The van der Waals surface area contributed by atoms with Crippen LogP contribution < -0.4 is 5.32 Å². The van der Waals surface area contributed by atoms with Crippen LogP contribution in [0.15, 0.2) is 12.1 Å². The van der Waals surface area contributed by atoms with Crippen molar-refractivity contribution in [2.75, 3.05) is 12.8 Å². The highest BCUT2D eigenvalue weighted by atomic mass is 32.2. The van der Waals surface area contributed by atoms with Gasteiger partial charge in [-0.15, -0.1) is 0 Å². The molecule has 0 aliphatic rings. The molecule has 1 aromatic carbocycles. The lowest BCUT2D eigenvalue weighted by molar-refractivity contribution is 0.483. The molecule has 6 heteroatoms. The minimum Gasteiger partial charge on any atom is -0.309 e. The third-order valence-electron chi connectivity index (χ3n) is 3.18. The summed E-state index contributed by atoms with van der Waals surface area (Å²) in [5.74, 6) is -1.37. The summed E-state index contributed by atoms with van der Waals surface area (Å²) >= 11 is 0. The van der Waals surface area contributed by atoms with Crippen LogP contribution in [-0.2, 0) is 9.84 Å². The monoisotopic (exact) mass is 291 g/mol. The van der Waals surface area contributed by atoms with Crippen LogP contribution in [-0.4, -0.2) is 26.5 Å². The zero-order valence-corrected chi connectivity index (χ0v) is 12.3. The Kier molecular flexibility index (Phi) is 5.04. The Labute approximate surface area is 112 Å². The topological polar surface area (TPSA) is 46.2 Å². The molecule has 0 saturated carbocycles. The Morgan fingerprint density at radius 2 is 1.84 bits per heavy atom. The molecule has 108 valence electrons. The predicted octanol–water partition coefficient (Wildman–Crippen LogP) is 2.36. The van der Waals surface area contributed by atoms with Gasteiger partial charge in [0.15, 0.2) is 9.84 Å². The maximum absolute atomic E-state index is 13.9. The van der Waals surface area contributed by atoms with Crippen LogP contribution in [0.3, 0.4) is 0 Å². The Morgan fingerprint density at radius 1 is 1.26 bits per heavy atom. The standard InChI is InChI=1S/C13H19F2NO2S/c1-5-16-13(9(3)19(4,17)18)10-6-8(2)11(14)7-12(10)15/h6-7,9,13,16H,5H2,1-4H3. The molecule has 0 spiro atoms. The van der Waals surface area contributed by atoms with E-state index in [0.29, 0.717) is 12.1 Å². The number of nitrogens with one attached hydrogen (secondary N) is 1. The van der Waals surface area contributed by atoms with Gasteiger partial charge < -0.3 is 5.32 Å². The molecule has 2 unspecified atom stereocenters. The quantitative estimate of drug-likeness (QED) is 0.906. The second-order valence-electron chi connectivity index (χ2n) is 4.69. The number of hydrogen-bond donors (Lipinski definition) is 1. The summed E-state index contributed by atoms with van der Waals surface area (Å²) in [6.07, 6.45) is 1.11. The molecule has 0 aliphatic heterocycles. The van der Waals surface area contributed by atoms with Crippen molar-refractivity contribution in [1.82, 2.24) is 5.32 Å². The summed E-state index contributed by atoms with van der Waals surface area (Å²) in [5, 5.41) is 2.15. The lowest BCUT2D eigenvalue weighted by Crippen LogP contribution is -2.35. The van der Waals surface area contributed by atoms with Gasteiger partial charge in [0.2, 0.25) is 0 Å². The van der Waals surface area contributed by atoms with Gasteiger partial charge in [-0.3, -0.25) is 0 Å². The van der Waals surface area contributed by atoms with Gasteiger partial charge in [0.05, 0.1) is 11.3 Å². The summed E-state index contributed by atoms with van der Waals surface area (Å²) in [6.45, 7) is 5.32. The number of sulfone groups is 1. The second kappa shape index (κ2) is 5.96. The van der Waals surface area contributed by atoms with Crippen molar-refractivity contribution in [3.05, 3.63) is 34.9 Å². The highest BCUT2D eigenvalue weighted by Gasteiger charge is 2.29. The Hall–Kier alpha value is -1.01. The average Bonchev–Trinajstić information content (AvgIpc) is 2.29. The first kappa shape index (κ1) is 16.0. The van der Waals surface area contributed by atoms with Gasteiger partial charge >= 0.3 is 0 Å². The molecule has 0 radical (unpaired) electrons. The summed E-state index contributed by atoms with van der Waals surface area (Å²) < 4.78 is 50.4. The first-order valence-electron chi connectivity index (χ1n) is 6.06. The van der Waals surface area contributed by atoms with Crippen molar-refractivity contribution in [2.45, 2.75) is 32.1 Å². The largest absolute Gasteiger partial charge is 0.309 e. The highest BCUT2D eigenvalue weighted by molar-refractivity contribution is 7.91. The van der Waals surface area contributed by atoms with E-state index in [4.69, 9.17) is 0 Å². The number of rotatable bonds is 5. The molecule has 0 aliphatic carbocycles. The molecule has 1 aromatic rings. The first-order chi connectivity index (χ1) is 8.68. The van der Waals surface area contributed by atoms with Crippen molar-refractivity contribution in [1.29, 1.82) is 0 Å². The van der Waals surface area contributed by atoms with Crippen LogP contribution in [0.4, 0.5) is 8.78 Å². The third-order valence-corrected chi connectivity index (χ3v) is 4.80. The normalized spacial score (nSPS) is 15.3. The molecule has 0 bridgehead atoms. The van der Waals surface area contributed by atoms with Crippen molar-refractivity contribution in [2.24, 2.45) is 0 Å². The van der Waals surface area contributed by atoms with E-state index in [-0.39, 0.29) is 5.56 Å². The SMILES string of the molecule is CCNC(c1cc(C)c(F)cc1F)C(C)S(C)(=O)=O. The van der Waals surface area contributed by atoms with Gasteiger partial charge in [0.25, 0.3) is 0 Å². The number of hydrogen-bond acceptors (Lipinski definition) is 3. The molecule has 3 nitrogen and oxygen atoms in total. The number of halogens is 2. The first-order valence-corrected chi connectivity index (χ1v) is 8.01. The lowest BCUT2D eigenvalue weighted by atomic mass is 10.0. The van der Waals surface area contributed by atoms with E-state index in [1.165, 1.54) is 19.9 Å². The van der Waals surface area contributed by atoms with Gasteiger partial charge in [0.1, 0.15) is 11.6 Å². The van der Waals surface area contributed by atoms with Crippen LogP contribution in [0.1, 0.15) is 31.0 Å². The second-order valence-corrected chi connectivity index (χ2v) is 7.10. The Balaban J connectivity index is 3.31. The third kappa shape index (κ3) is 3.73. The molecular formula is C13H19F2NO2S. The zero-order chi connectivity index (χ0) is 14.8. The van der Waals surface area contributed by atoms with Gasteiger partial charge in [0, 0.05) is 17.9 Å². The summed E-state index contributed by atoms with van der Waals surface area (Å²) in [6, 6.07) is 1.46. The number of aryl methyl sites for hydroxylation is 1. The van der Waals surface area contributed by atoms with Crippen molar-refractivity contribution in [3.8, 4) is 0 Å². The fraction of sp³-hybridized carbons (Fsp3) is 0.538. The van der Waals surface area contributed by atoms with Crippen molar-refractivity contribution in [3.63, 3.8) is 0 Å². The minimum absolute atomic E-state index is 0.179. The molecule has 19 heavy (non-hydrogen) atoms. The van der Waals surface area contributed by atoms with Gasteiger partial charge in [-0.25, -0.2) is 17.2 Å². The van der Waals surface area contributed by atoms with Gasteiger partial charge in [-0.05, 0) is 32.0 Å². The molecule has 0 aromatic heterocycles. The van der Waals surface area contributed by atoms with Crippen LogP contribution in [0.5, 0.6) is 0 Å². The molecular weight excluding hydrogens is 272 g/mol. The predicted molar refractivity (Wildman–Crippen MR) is 71.8 cm³/mol. The Morgan fingerprint density at radius 3 is 2.32 bits per heavy atom. The van der Waals surface area contributed by atoms with Gasteiger partial charge in [-0.1, -0.05) is 6.92 Å². The summed E-state index contributed by atoms with van der Waals surface area (Å²) in [5.41, 5.74) is 0.471. The molecule has 0 amide bonds. The number of benzene rings is 1. The van der Waals surface area contributed by atoms with E-state index < -0.39 is 32.8 Å². The molecule has 0 fully saturated rings. The van der Waals surface area contributed by atoms with Crippen molar-refractivity contribution < 1.29 is 17.2 Å².